The maximum Gasteiger partial charge on any atom is 0.416 e. The van der Waals surface area contributed by atoms with E-state index in [1.807, 2.05) is 13.8 Å². The number of hydrogen-bond donors (Lipinski definition) is 4. The van der Waals surface area contributed by atoms with Crippen LogP contribution in [-0.4, -0.2) is 72.1 Å². The second-order valence-corrected chi connectivity index (χ2v) is 12.6. The number of piperidine rings is 1. The van der Waals surface area contributed by atoms with Gasteiger partial charge in [-0.05, 0) is 61.1 Å². The molecule has 1 aromatic rings. The van der Waals surface area contributed by atoms with E-state index >= 15 is 0 Å². The van der Waals surface area contributed by atoms with Crippen molar-refractivity contribution in [3.63, 3.8) is 0 Å². The highest BCUT2D eigenvalue weighted by atomic mass is 35.5. The number of alkyl halides is 3. The van der Waals surface area contributed by atoms with Gasteiger partial charge in [-0.25, -0.2) is 0 Å². The summed E-state index contributed by atoms with van der Waals surface area (Å²) in [5, 5.41) is 10.6. The van der Waals surface area contributed by atoms with Crippen molar-refractivity contribution < 1.29 is 37.1 Å². The van der Waals surface area contributed by atoms with Crippen LogP contribution in [0.25, 0.3) is 0 Å². The summed E-state index contributed by atoms with van der Waals surface area (Å²) in [6.07, 6.45) is -2.61. The number of Topliss-reactive ketones (excluding diaryl/α,β-unsaturated/α-hetero) is 1. The number of carbonyl (C=O) groups is 5. The summed E-state index contributed by atoms with van der Waals surface area (Å²) in [5.74, 6) is -3.68. The zero-order valence-corrected chi connectivity index (χ0v) is 23.9. The lowest BCUT2D eigenvalue weighted by Gasteiger charge is -2.31. The fourth-order valence-corrected chi connectivity index (χ4v) is 6.48. The Kier molecular flexibility index (Phi) is 7.92. The molecule has 0 aromatic heterocycles. The number of halogens is 4. The normalized spacial score (nSPS) is 26.6. The van der Waals surface area contributed by atoms with Gasteiger partial charge in [-0.1, -0.05) is 25.4 Å². The minimum atomic E-state index is -4.57. The van der Waals surface area contributed by atoms with Crippen LogP contribution in [0.3, 0.4) is 0 Å². The number of nitrogens with one attached hydrogen (secondary N) is 4. The van der Waals surface area contributed by atoms with Gasteiger partial charge in [0.25, 0.3) is 5.91 Å². The molecule has 10 nitrogen and oxygen atoms in total. The summed E-state index contributed by atoms with van der Waals surface area (Å²) in [5.41, 5.74) is -1.03. The summed E-state index contributed by atoms with van der Waals surface area (Å²) in [7, 11) is 0. The average Bonchev–Trinajstić information content (AvgIpc) is 3.68. The van der Waals surface area contributed by atoms with Crippen molar-refractivity contribution in [3.05, 3.63) is 28.8 Å². The summed E-state index contributed by atoms with van der Waals surface area (Å²) in [6.45, 7) is 4.36. The van der Waals surface area contributed by atoms with Crippen molar-refractivity contribution in [2.45, 2.75) is 63.8 Å². The van der Waals surface area contributed by atoms with Crippen LogP contribution in [0.5, 0.6) is 0 Å². The molecule has 2 aliphatic heterocycles. The van der Waals surface area contributed by atoms with Crippen LogP contribution in [0.1, 0.15) is 45.1 Å². The standard InChI is InChI=1S/C28H33ClF3N5O5/c1-27(2)16-12-37(20(38)11-34-18-6-3-14(10-17(18)29)28(30,31)32)22(21(16)27)25(41)36-19(9-13-7-8-33-24(13)40)23(39)26(42)35-15-4-5-15/h3,6,10,13,15-16,19,21-22,34H,4-5,7-9,11-12H2,1-2H3,(H,33,40)(H,35,42)(H,36,41)/t13-,16-,19-,21-,22-/m0/s1. The first-order valence-electron chi connectivity index (χ1n) is 14.0. The molecule has 14 heteroatoms. The summed E-state index contributed by atoms with van der Waals surface area (Å²) >= 11 is 6.01. The second-order valence-electron chi connectivity index (χ2n) is 12.2. The molecule has 0 bridgehead atoms. The highest BCUT2D eigenvalue weighted by molar-refractivity contribution is 6.38. The molecule has 1 aromatic carbocycles. The van der Waals surface area contributed by atoms with E-state index < -0.39 is 53.2 Å². The first kappa shape index (κ1) is 30.1. The number of ketones is 1. The van der Waals surface area contributed by atoms with Crippen LogP contribution in [0, 0.1) is 23.2 Å². The Morgan fingerprint density at radius 1 is 1.17 bits per heavy atom. The van der Waals surface area contributed by atoms with Crippen LogP contribution in [-0.2, 0) is 30.1 Å². The van der Waals surface area contributed by atoms with E-state index in [2.05, 4.69) is 21.3 Å². The van der Waals surface area contributed by atoms with Gasteiger partial charge in [0.15, 0.2) is 0 Å². The fraction of sp³-hybridized carbons (Fsp3) is 0.607. The molecule has 0 unspecified atom stereocenters. The van der Waals surface area contributed by atoms with Crippen LogP contribution < -0.4 is 21.3 Å². The number of hydrogen-bond acceptors (Lipinski definition) is 6. The number of fused-ring (bicyclic) bond motifs is 1. The summed E-state index contributed by atoms with van der Waals surface area (Å²) in [6, 6.07) is 0.501. The smallest absolute Gasteiger partial charge is 0.375 e. The van der Waals surface area contributed by atoms with Gasteiger partial charge in [-0.2, -0.15) is 13.2 Å². The van der Waals surface area contributed by atoms with Crippen molar-refractivity contribution in [3.8, 4) is 0 Å². The molecular formula is C28H33ClF3N5O5. The minimum Gasteiger partial charge on any atom is -0.375 e. The molecule has 2 saturated heterocycles. The highest BCUT2D eigenvalue weighted by Crippen LogP contribution is 2.64. The number of amides is 4. The van der Waals surface area contributed by atoms with Gasteiger partial charge in [-0.15, -0.1) is 0 Å². The van der Waals surface area contributed by atoms with E-state index in [0.29, 0.717) is 13.0 Å². The summed E-state index contributed by atoms with van der Waals surface area (Å²) in [4.78, 5) is 66.4. The van der Waals surface area contributed by atoms with Crippen molar-refractivity contribution in [2.75, 3.05) is 25.0 Å². The van der Waals surface area contributed by atoms with Crippen LogP contribution >= 0.6 is 11.6 Å². The first-order valence-corrected chi connectivity index (χ1v) is 14.4. The Morgan fingerprint density at radius 2 is 1.88 bits per heavy atom. The largest absolute Gasteiger partial charge is 0.416 e. The van der Waals surface area contributed by atoms with Gasteiger partial charge in [0.05, 0.1) is 28.9 Å². The Hall–Kier alpha value is -3.35. The van der Waals surface area contributed by atoms with Gasteiger partial charge in [-0.3, -0.25) is 24.0 Å². The van der Waals surface area contributed by atoms with Crippen molar-refractivity contribution in [1.29, 1.82) is 0 Å². The molecule has 4 amide bonds. The third-order valence-corrected chi connectivity index (χ3v) is 9.29. The third kappa shape index (κ3) is 6.06. The van der Waals surface area contributed by atoms with Crippen molar-refractivity contribution >= 4 is 46.7 Å². The molecular weight excluding hydrogens is 579 g/mol. The minimum absolute atomic E-state index is 0.0276. The zero-order valence-electron chi connectivity index (χ0n) is 23.1. The van der Waals surface area contributed by atoms with E-state index in [-0.39, 0.29) is 59.4 Å². The molecule has 2 heterocycles. The molecule has 42 heavy (non-hydrogen) atoms. The number of benzene rings is 1. The molecule has 4 aliphatic rings. The monoisotopic (exact) mass is 611 g/mol. The number of rotatable bonds is 10. The van der Waals surface area contributed by atoms with E-state index in [9.17, 15) is 37.1 Å². The lowest BCUT2D eigenvalue weighted by Crippen LogP contribution is -2.56. The maximum atomic E-state index is 13.7. The first-order chi connectivity index (χ1) is 19.7. The predicted molar refractivity (Wildman–Crippen MR) is 145 cm³/mol. The van der Waals surface area contributed by atoms with Crippen molar-refractivity contribution in [1.82, 2.24) is 20.9 Å². The van der Waals surface area contributed by atoms with Crippen molar-refractivity contribution in [2.24, 2.45) is 23.2 Å². The topological polar surface area (TPSA) is 137 Å². The Labute approximate surface area is 245 Å². The quantitative estimate of drug-likeness (QED) is 0.299. The van der Waals surface area contributed by atoms with E-state index in [1.165, 1.54) is 4.90 Å². The van der Waals surface area contributed by atoms with Gasteiger partial charge in [0, 0.05) is 25.0 Å². The molecule has 5 rings (SSSR count). The third-order valence-electron chi connectivity index (χ3n) is 8.98. The average molecular weight is 612 g/mol. The molecule has 0 radical (unpaired) electrons. The SMILES string of the molecule is CC1(C)[C@@H]2[C@@H](C(=O)N[C@@H](C[C@@H]3CCNC3=O)C(=O)C(=O)NC3CC3)N(C(=O)CNc3ccc(C(F)(F)F)cc3Cl)C[C@@H]21. The van der Waals surface area contributed by atoms with Gasteiger partial charge in [0.2, 0.25) is 23.5 Å². The Bertz CT molecular complexity index is 1320. The Morgan fingerprint density at radius 3 is 2.48 bits per heavy atom. The molecule has 228 valence electrons. The fourth-order valence-electron chi connectivity index (χ4n) is 6.24. The summed E-state index contributed by atoms with van der Waals surface area (Å²) < 4.78 is 38.9. The molecule has 4 N–H and O–H groups in total. The maximum absolute atomic E-state index is 13.7. The molecule has 4 fully saturated rings. The van der Waals surface area contributed by atoms with Gasteiger partial charge >= 0.3 is 6.18 Å². The van der Waals surface area contributed by atoms with Crippen LogP contribution in [0.4, 0.5) is 18.9 Å². The van der Waals surface area contributed by atoms with Crippen LogP contribution in [0.15, 0.2) is 18.2 Å². The molecule has 2 saturated carbocycles. The predicted octanol–water partition coefficient (Wildman–Crippen LogP) is 2.11. The van der Waals surface area contributed by atoms with E-state index in [1.54, 1.807) is 0 Å². The zero-order chi connectivity index (χ0) is 30.6. The van der Waals surface area contributed by atoms with Crippen LogP contribution in [0.2, 0.25) is 5.02 Å². The molecule has 2 aliphatic carbocycles. The number of carbonyl (C=O) groups excluding carboxylic acids is 5. The van der Waals surface area contributed by atoms with Gasteiger partial charge < -0.3 is 26.2 Å². The van der Waals surface area contributed by atoms with E-state index in [4.69, 9.17) is 11.6 Å². The Balaban J connectivity index is 1.29. The lowest BCUT2D eigenvalue weighted by molar-refractivity contribution is -0.143. The molecule has 0 spiro atoms. The van der Waals surface area contributed by atoms with Gasteiger partial charge in [0.1, 0.15) is 6.04 Å². The number of anilines is 1. The molecule has 5 atom stereocenters. The van der Waals surface area contributed by atoms with E-state index in [0.717, 1.165) is 31.0 Å². The highest BCUT2D eigenvalue weighted by Gasteiger charge is 2.69. The number of nitrogens with zero attached hydrogens (tertiary/aromatic N) is 1. The lowest BCUT2D eigenvalue weighted by atomic mass is 9.94. The second kappa shape index (κ2) is 11.1. The number of likely N-dealkylation sites (tertiary alicyclic amines) is 1.